The fourth-order valence-corrected chi connectivity index (χ4v) is 3.85. The van der Waals surface area contributed by atoms with Crippen molar-refractivity contribution in [3.8, 4) is 0 Å². The molecule has 4 heteroatoms. The van der Waals surface area contributed by atoms with Crippen LogP contribution in [0.2, 0.25) is 0 Å². The largest absolute Gasteiger partial charge is 0.308 e. The lowest BCUT2D eigenvalue weighted by Gasteiger charge is -2.06. The molecule has 0 amide bonds. The predicted molar refractivity (Wildman–Crippen MR) is 61.8 cm³/mol. The average molecular weight is 226 g/mol. The van der Waals surface area contributed by atoms with Crippen LogP contribution >= 0.6 is 23.1 Å². The number of nitrogens with zero attached hydrogens (tertiary/aromatic N) is 1. The molecule has 0 radical (unpaired) electrons. The van der Waals surface area contributed by atoms with Crippen molar-refractivity contribution in [2.75, 3.05) is 5.75 Å². The minimum absolute atomic E-state index is 0.797. The van der Waals surface area contributed by atoms with Gasteiger partial charge in [0.05, 0.1) is 5.69 Å². The fraction of sp³-hybridized carbons (Fsp3) is 0.700. The number of rotatable bonds is 3. The first-order valence-corrected chi connectivity index (χ1v) is 7.17. The Kier molecular flexibility index (Phi) is 2.51. The molecule has 0 saturated heterocycles. The number of hydrogen-bond donors (Lipinski definition) is 1. The van der Waals surface area contributed by atoms with Crippen molar-refractivity contribution >= 4 is 23.1 Å². The molecule has 14 heavy (non-hydrogen) atoms. The summed E-state index contributed by atoms with van der Waals surface area (Å²) in [4.78, 5) is 6.22. The number of nitrogens with one attached hydrogen (secondary N) is 1. The second-order valence-electron chi connectivity index (χ2n) is 3.94. The van der Waals surface area contributed by atoms with Crippen molar-refractivity contribution in [2.45, 2.75) is 37.6 Å². The highest BCUT2D eigenvalue weighted by Crippen LogP contribution is 2.29. The van der Waals surface area contributed by atoms with E-state index in [1.807, 2.05) is 23.1 Å². The molecule has 0 spiro atoms. The first kappa shape index (κ1) is 9.19. The molecule has 1 aliphatic carbocycles. The van der Waals surface area contributed by atoms with Crippen LogP contribution in [0, 0.1) is 0 Å². The topological polar surface area (TPSA) is 24.9 Å². The third-order valence-electron chi connectivity index (χ3n) is 2.66. The van der Waals surface area contributed by atoms with Crippen LogP contribution in [0.25, 0.3) is 0 Å². The van der Waals surface area contributed by atoms with Gasteiger partial charge in [0.25, 0.3) is 0 Å². The third kappa shape index (κ3) is 1.97. The summed E-state index contributed by atoms with van der Waals surface area (Å²) < 4.78 is 0. The van der Waals surface area contributed by atoms with Gasteiger partial charge in [0, 0.05) is 23.2 Å². The Bertz CT molecular complexity index is 307. The summed E-state index contributed by atoms with van der Waals surface area (Å²) in [6, 6.07) is 0.797. The van der Waals surface area contributed by atoms with E-state index in [4.69, 9.17) is 4.98 Å². The van der Waals surface area contributed by atoms with Crippen molar-refractivity contribution in [1.82, 2.24) is 10.3 Å². The summed E-state index contributed by atoms with van der Waals surface area (Å²) in [6.45, 7) is 0.993. The molecule has 1 saturated carbocycles. The van der Waals surface area contributed by atoms with Crippen molar-refractivity contribution in [1.29, 1.82) is 0 Å². The van der Waals surface area contributed by atoms with Gasteiger partial charge in [-0.25, -0.2) is 4.98 Å². The van der Waals surface area contributed by atoms with Gasteiger partial charge in [-0.3, -0.25) is 0 Å². The first-order valence-electron chi connectivity index (χ1n) is 5.20. The molecular formula is C10H14N2S2. The van der Waals surface area contributed by atoms with E-state index in [2.05, 4.69) is 5.32 Å². The van der Waals surface area contributed by atoms with E-state index in [0.29, 0.717) is 0 Å². The van der Waals surface area contributed by atoms with E-state index in [9.17, 15) is 0 Å². The number of fused-ring (bicyclic) bond motifs is 1. The minimum Gasteiger partial charge on any atom is -0.308 e. The maximum absolute atomic E-state index is 4.69. The first-order chi connectivity index (χ1) is 6.92. The Morgan fingerprint density at radius 1 is 1.43 bits per heavy atom. The molecule has 1 aromatic rings. The van der Waals surface area contributed by atoms with E-state index >= 15 is 0 Å². The fourth-order valence-electron chi connectivity index (χ4n) is 1.67. The van der Waals surface area contributed by atoms with Crippen LogP contribution in [0.15, 0.2) is 0 Å². The molecule has 0 aromatic carbocycles. The van der Waals surface area contributed by atoms with Gasteiger partial charge in [0.15, 0.2) is 0 Å². The Morgan fingerprint density at radius 3 is 3.14 bits per heavy atom. The highest BCUT2D eigenvalue weighted by atomic mass is 32.2. The lowest BCUT2D eigenvalue weighted by molar-refractivity contribution is 0.682. The highest BCUT2D eigenvalue weighted by molar-refractivity contribution is 7.98. The molecule has 1 aromatic heterocycles. The van der Waals surface area contributed by atoms with E-state index in [0.717, 1.165) is 12.6 Å². The average Bonchev–Trinajstić information content (AvgIpc) is 2.94. The Hall–Kier alpha value is -0.0600. The van der Waals surface area contributed by atoms with Gasteiger partial charge < -0.3 is 5.32 Å². The summed E-state index contributed by atoms with van der Waals surface area (Å²) >= 11 is 3.95. The number of thioether (sulfide) groups is 1. The zero-order valence-electron chi connectivity index (χ0n) is 8.08. The molecular weight excluding hydrogens is 212 g/mol. The van der Waals surface area contributed by atoms with Gasteiger partial charge in [-0.1, -0.05) is 0 Å². The summed E-state index contributed by atoms with van der Waals surface area (Å²) in [5, 5.41) is 4.82. The standard InChI is InChI=1S/C10H14N2S2/c1-2-7(1)11-5-10-12-8-3-4-13-6-9(8)14-10/h7,11H,1-6H2. The summed E-state index contributed by atoms with van der Waals surface area (Å²) in [6.07, 6.45) is 3.90. The molecule has 76 valence electrons. The molecule has 1 fully saturated rings. The highest BCUT2D eigenvalue weighted by Gasteiger charge is 2.21. The minimum atomic E-state index is 0.797. The van der Waals surface area contributed by atoms with E-state index in [1.54, 1.807) is 0 Å². The maximum Gasteiger partial charge on any atom is 0.107 e. The summed E-state index contributed by atoms with van der Waals surface area (Å²) in [5.74, 6) is 2.45. The molecule has 1 N–H and O–H groups in total. The van der Waals surface area contributed by atoms with Crippen LogP contribution in [-0.2, 0) is 18.7 Å². The number of aromatic nitrogens is 1. The Labute approximate surface area is 92.5 Å². The normalized spacial score (nSPS) is 20.9. The molecule has 2 heterocycles. The SMILES string of the molecule is C1Cc2nc(CNC3CC3)sc2CS1. The lowest BCUT2D eigenvalue weighted by Crippen LogP contribution is -2.15. The van der Waals surface area contributed by atoms with Crippen LogP contribution in [-0.4, -0.2) is 16.8 Å². The molecule has 2 aliphatic rings. The summed E-state index contributed by atoms with van der Waals surface area (Å²) in [7, 11) is 0. The number of aryl methyl sites for hydroxylation is 1. The van der Waals surface area contributed by atoms with Gasteiger partial charge in [-0.15, -0.1) is 11.3 Å². The van der Waals surface area contributed by atoms with Gasteiger partial charge >= 0.3 is 0 Å². The van der Waals surface area contributed by atoms with Crippen molar-refractivity contribution < 1.29 is 0 Å². The Morgan fingerprint density at radius 2 is 2.36 bits per heavy atom. The number of thiazole rings is 1. The van der Waals surface area contributed by atoms with Gasteiger partial charge in [-0.05, 0) is 25.0 Å². The second-order valence-corrected chi connectivity index (χ2v) is 6.21. The van der Waals surface area contributed by atoms with Crippen LogP contribution in [0.5, 0.6) is 0 Å². The third-order valence-corrected chi connectivity index (χ3v) is 4.92. The zero-order valence-corrected chi connectivity index (χ0v) is 9.72. The smallest absolute Gasteiger partial charge is 0.107 e. The van der Waals surface area contributed by atoms with Crippen LogP contribution in [0.4, 0.5) is 0 Å². The van der Waals surface area contributed by atoms with E-state index in [1.165, 1.54) is 46.3 Å². The van der Waals surface area contributed by atoms with Crippen molar-refractivity contribution in [3.63, 3.8) is 0 Å². The van der Waals surface area contributed by atoms with Crippen LogP contribution < -0.4 is 5.32 Å². The molecule has 2 nitrogen and oxygen atoms in total. The molecule has 0 unspecified atom stereocenters. The quantitative estimate of drug-likeness (QED) is 0.855. The number of hydrogen-bond acceptors (Lipinski definition) is 4. The molecule has 3 rings (SSSR count). The summed E-state index contributed by atoms with van der Waals surface area (Å²) in [5.41, 5.74) is 1.38. The van der Waals surface area contributed by atoms with Crippen molar-refractivity contribution in [3.05, 3.63) is 15.6 Å². The second kappa shape index (κ2) is 3.83. The van der Waals surface area contributed by atoms with Crippen LogP contribution in [0.1, 0.15) is 28.4 Å². The van der Waals surface area contributed by atoms with E-state index < -0.39 is 0 Å². The maximum atomic E-state index is 4.69. The molecule has 0 bridgehead atoms. The van der Waals surface area contributed by atoms with Gasteiger partial charge in [0.1, 0.15) is 5.01 Å². The van der Waals surface area contributed by atoms with Crippen LogP contribution in [0.3, 0.4) is 0 Å². The predicted octanol–water partition coefficient (Wildman–Crippen LogP) is 2.18. The van der Waals surface area contributed by atoms with Gasteiger partial charge in [-0.2, -0.15) is 11.8 Å². The molecule has 1 aliphatic heterocycles. The van der Waals surface area contributed by atoms with E-state index in [-0.39, 0.29) is 0 Å². The molecule has 0 atom stereocenters. The van der Waals surface area contributed by atoms with Crippen molar-refractivity contribution in [2.24, 2.45) is 0 Å². The lowest BCUT2D eigenvalue weighted by atomic mass is 10.3. The monoisotopic (exact) mass is 226 g/mol. The Balaban J connectivity index is 1.68. The van der Waals surface area contributed by atoms with Gasteiger partial charge in [0.2, 0.25) is 0 Å². The zero-order chi connectivity index (χ0) is 9.38.